The summed E-state index contributed by atoms with van der Waals surface area (Å²) in [6.07, 6.45) is 2.34. The largest absolute Gasteiger partial charge is 0.354 e. The van der Waals surface area contributed by atoms with Gasteiger partial charge < -0.3 is 5.32 Å². The van der Waals surface area contributed by atoms with E-state index in [1.165, 1.54) is 30.0 Å². The molecule has 0 aliphatic carbocycles. The molecule has 0 spiro atoms. The molecule has 0 bridgehead atoms. The second-order valence-electron chi connectivity index (χ2n) is 6.02. The Morgan fingerprint density at radius 3 is 2.36 bits per heavy atom. The molecule has 2 aromatic carbocycles. The van der Waals surface area contributed by atoms with Crippen LogP contribution in [-0.4, -0.2) is 38.9 Å². The Morgan fingerprint density at radius 1 is 1.07 bits per heavy atom. The molecule has 1 unspecified atom stereocenters. The van der Waals surface area contributed by atoms with Crippen LogP contribution < -0.4 is 10.0 Å². The molecule has 0 fully saturated rings. The number of carbonyl (C=O) groups excluding carboxylic acids is 1. The lowest BCUT2D eigenvalue weighted by molar-refractivity contribution is -0.122. The molecule has 0 heterocycles. The Bertz CT molecular complexity index is 908. The molecule has 0 aliphatic heterocycles. The summed E-state index contributed by atoms with van der Waals surface area (Å²) >= 11 is 1.46. The van der Waals surface area contributed by atoms with E-state index in [0.29, 0.717) is 11.3 Å². The first-order valence-electron chi connectivity index (χ1n) is 8.62. The zero-order valence-corrected chi connectivity index (χ0v) is 17.0. The Balaban J connectivity index is 2.04. The highest BCUT2D eigenvalue weighted by molar-refractivity contribution is 7.98. The van der Waals surface area contributed by atoms with Crippen LogP contribution in [0.4, 0.5) is 8.78 Å². The number of hydrogen-bond acceptors (Lipinski definition) is 4. The Morgan fingerprint density at radius 2 is 1.71 bits per heavy atom. The normalized spacial score (nSPS) is 12.5. The molecule has 1 amide bonds. The molecule has 0 aliphatic rings. The Hall–Kier alpha value is -1.97. The van der Waals surface area contributed by atoms with Gasteiger partial charge in [0.05, 0.1) is 0 Å². The summed E-state index contributed by atoms with van der Waals surface area (Å²) in [4.78, 5) is 12.0. The van der Waals surface area contributed by atoms with Gasteiger partial charge in [0, 0.05) is 6.54 Å². The average Bonchev–Trinajstić information content (AvgIpc) is 2.66. The minimum absolute atomic E-state index is 0.150. The third kappa shape index (κ3) is 6.29. The standard InChI is InChI=1S/C19H22F2N2O3S2/c1-27-13-11-17(23-28(25,26)18-9-5-4-8-16(18)21)19(24)22-12-10-14-6-2-3-7-15(14)20/h2-9,17,23H,10-13H2,1H3,(H,22,24). The van der Waals surface area contributed by atoms with Gasteiger partial charge in [-0.25, -0.2) is 17.2 Å². The van der Waals surface area contributed by atoms with Crippen LogP contribution in [0.1, 0.15) is 12.0 Å². The van der Waals surface area contributed by atoms with Crippen molar-refractivity contribution in [1.29, 1.82) is 0 Å². The zero-order chi connectivity index (χ0) is 20.6. The van der Waals surface area contributed by atoms with Crippen LogP contribution in [0.25, 0.3) is 0 Å². The van der Waals surface area contributed by atoms with Crippen LogP contribution in [0.3, 0.4) is 0 Å². The summed E-state index contributed by atoms with van der Waals surface area (Å²) in [6, 6.07) is 10.1. The zero-order valence-electron chi connectivity index (χ0n) is 15.3. The molecular formula is C19H22F2N2O3S2. The molecular weight excluding hydrogens is 406 g/mol. The number of amides is 1. The van der Waals surface area contributed by atoms with Gasteiger partial charge >= 0.3 is 0 Å². The number of sulfonamides is 1. The van der Waals surface area contributed by atoms with E-state index in [2.05, 4.69) is 10.0 Å². The SMILES string of the molecule is CSCCC(NS(=O)(=O)c1ccccc1F)C(=O)NCCc1ccccc1F. The number of carbonyl (C=O) groups is 1. The smallest absolute Gasteiger partial charge is 0.244 e. The molecule has 0 aromatic heterocycles. The van der Waals surface area contributed by atoms with E-state index in [0.717, 1.165) is 12.1 Å². The minimum Gasteiger partial charge on any atom is -0.354 e. The van der Waals surface area contributed by atoms with Gasteiger partial charge in [0.2, 0.25) is 15.9 Å². The first kappa shape index (κ1) is 22.3. The third-order valence-electron chi connectivity index (χ3n) is 4.00. The van der Waals surface area contributed by atoms with Gasteiger partial charge in [0.15, 0.2) is 0 Å². The summed E-state index contributed by atoms with van der Waals surface area (Å²) in [7, 11) is -4.20. The molecule has 1 atom stereocenters. The van der Waals surface area contributed by atoms with Crippen molar-refractivity contribution in [3.8, 4) is 0 Å². The van der Waals surface area contributed by atoms with Crippen molar-refractivity contribution in [3.05, 3.63) is 65.7 Å². The minimum atomic E-state index is -4.20. The summed E-state index contributed by atoms with van der Waals surface area (Å²) in [5, 5.41) is 2.62. The van der Waals surface area contributed by atoms with E-state index in [1.54, 1.807) is 18.2 Å². The number of halogens is 2. The second kappa shape index (κ2) is 10.5. The molecule has 28 heavy (non-hydrogen) atoms. The molecule has 2 N–H and O–H groups in total. The van der Waals surface area contributed by atoms with E-state index in [9.17, 15) is 22.0 Å². The molecule has 0 saturated carbocycles. The first-order chi connectivity index (χ1) is 13.3. The van der Waals surface area contributed by atoms with Crippen LogP contribution in [-0.2, 0) is 21.2 Å². The molecule has 152 valence electrons. The third-order valence-corrected chi connectivity index (χ3v) is 6.15. The first-order valence-corrected chi connectivity index (χ1v) is 11.5. The van der Waals surface area contributed by atoms with Gasteiger partial charge in [-0.1, -0.05) is 30.3 Å². The Labute approximate surface area is 168 Å². The van der Waals surface area contributed by atoms with Crippen LogP contribution in [0.5, 0.6) is 0 Å². The van der Waals surface area contributed by atoms with Crippen molar-refractivity contribution in [2.75, 3.05) is 18.6 Å². The number of thioether (sulfide) groups is 1. The maximum atomic E-state index is 13.9. The molecule has 9 heteroatoms. The number of hydrogen-bond donors (Lipinski definition) is 2. The van der Waals surface area contributed by atoms with E-state index in [-0.39, 0.29) is 25.2 Å². The van der Waals surface area contributed by atoms with Gasteiger partial charge in [-0.2, -0.15) is 16.5 Å². The lowest BCUT2D eigenvalue weighted by Crippen LogP contribution is -2.47. The molecule has 0 radical (unpaired) electrons. The highest BCUT2D eigenvalue weighted by Gasteiger charge is 2.27. The molecule has 2 rings (SSSR count). The highest BCUT2D eigenvalue weighted by atomic mass is 32.2. The lowest BCUT2D eigenvalue weighted by Gasteiger charge is -2.18. The van der Waals surface area contributed by atoms with Gasteiger partial charge in [0.25, 0.3) is 0 Å². The van der Waals surface area contributed by atoms with Gasteiger partial charge in [-0.15, -0.1) is 0 Å². The summed E-state index contributed by atoms with van der Waals surface area (Å²) in [6.45, 7) is 0.150. The fourth-order valence-electron chi connectivity index (χ4n) is 2.54. The van der Waals surface area contributed by atoms with Gasteiger partial charge in [-0.05, 0) is 48.6 Å². The second-order valence-corrected chi connectivity index (χ2v) is 8.69. The number of nitrogens with one attached hydrogen (secondary N) is 2. The highest BCUT2D eigenvalue weighted by Crippen LogP contribution is 2.15. The van der Waals surface area contributed by atoms with Crippen LogP contribution in [0, 0.1) is 11.6 Å². The number of benzene rings is 2. The Kier molecular flexibility index (Phi) is 8.40. The average molecular weight is 429 g/mol. The molecule has 0 saturated heterocycles. The summed E-state index contributed by atoms with van der Waals surface area (Å²) < 4.78 is 54.7. The van der Waals surface area contributed by atoms with E-state index < -0.39 is 32.7 Å². The predicted molar refractivity (Wildman–Crippen MR) is 107 cm³/mol. The molecule has 2 aromatic rings. The maximum Gasteiger partial charge on any atom is 0.244 e. The van der Waals surface area contributed by atoms with Crippen molar-refractivity contribution in [1.82, 2.24) is 10.0 Å². The van der Waals surface area contributed by atoms with Crippen molar-refractivity contribution in [2.24, 2.45) is 0 Å². The molecule has 5 nitrogen and oxygen atoms in total. The summed E-state index contributed by atoms with van der Waals surface area (Å²) in [5.41, 5.74) is 0.454. The van der Waals surface area contributed by atoms with Crippen molar-refractivity contribution >= 4 is 27.7 Å². The van der Waals surface area contributed by atoms with E-state index >= 15 is 0 Å². The van der Waals surface area contributed by atoms with E-state index in [4.69, 9.17) is 0 Å². The van der Waals surface area contributed by atoms with E-state index in [1.807, 2.05) is 6.26 Å². The fraction of sp³-hybridized carbons (Fsp3) is 0.316. The van der Waals surface area contributed by atoms with Crippen LogP contribution >= 0.6 is 11.8 Å². The summed E-state index contributed by atoms with van der Waals surface area (Å²) in [5.74, 6) is -1.26. The van der Waals surface area contributed by atoms with Crippen molar-refractivity contribution in [2.45, 2.75) is 23.8 Å². The maximum absolute atomic E-state index is 13.9. The quantitative estimate of drug-likeness (QED) is 0.610. The van der Waals surface area contributed by atoms with Gasteiger partial charge in [-0.3, -0.25) is 4.79 Å². The van der Waals surface area contributed by atoms with Crippen LogP contribution in [0.2, 0.25) is 0 Å². The monoisotopic (exact) mass is 428 g/mol. The van der Waals surface area contributed by atoms with Crippen molar-refractivity contribution in [3.63, 3.8) is 0 Å². The lowest BCUT2D eigenvalue weighted by atomic mass is 10.1. The fourth-order valence-corrected chi connectivity index (χ4v) is 4.32. The van der Waals surface area contributed by atoms with Crippen LogP contribution in [0.15, 0.2) is 53.4 Å². The predicted octanol–water partition coefficient (Wildman–Crippen LogP) is 2.72. The van der Waals surface area contributed by atoms with Crippen molar-refractivity contribution < 1.29 is 22.0 Å². The van der Waals surface area contributed by atoms with Gasteiger partial charge in [0.1, 0.15) is 22.6 Å². The number of rotatable bonds is 10. The topological polar surface area (TPSA) is 75.3 Å².